The number of imidazole rings is 1. The fraction of sp³-hybridized carbons (Fsp3) is 0.286. The summed E-state index contributed by atoms with van der Waals surface area (Å²) in [6.07, 6.45) is 3.34. The van der Waals surface area contributed by atoms with Gasteiger partial charge in [0.1, 0.15) is 30.0 Å². The molecule has 39 heavy (non-hydrogen) atoms. The third-order valence-electron chi connectivity index (χ3n) is 7.25. The predicted octanol–water partition coefficient (Wildman–Crippen LogP) is 4.55. The minimum atomic E-state index is -1.16. The van der Waals surface area contributed by atoms with Crippen LogP contribution in [0.1, 0.15) is 37.2 Å². The van der Waals surface area contributed by atoms with Gasteiger partial charge in [-0.25, -0.2) is 18.7 Å². The molecule has 9 nitrogen and oxygen atoms in total. The number of benzene rings is 2. The molecule has 0 aliphatic heterocycles. The van der Waals surface area contributed by atoms with E-state index in [2.05, 4.69) is 30.0 Å². The maximum Gasteiger partial charge on any atom is 0.155 e. The smallest absolute Gasteiger partial charge is 0.155 e. The molecule has 3 heterocycles. The van der Waals surface area contributed by atoms with Gasteiger partial charge in [-0.2, -0.15) is 5.10 Å². The third-order valence-corrected chi connectivity index (χ3v) is 7.25. The second kappa shape index (κ2) is 10.6. The Bertz CT molecular complexity index is 1590. The number of fused-ring (bicyclic) bond motifs is 1. The maximum absolute atomic E-state index is 15.1. The topological polar surface area (TPSA) is 114 Å². The molecule has 3 aromatic heterocycles. The minimum Gasteiger partial charge on any atom is -0.381 e. The quantitative estimate of drug-likeness (QED) is 0.264. The molecule has 1 aliphatic rings. The summed E-state index contributed by atoms with van der Waals surface area (Å²) in [5.41, 5.74) is 2.94. The summed E-state index contributed by atoms with van der Waals surface area (Å²) in [7, 11) is 1.65. The first-order chi connectivity index (χ1) is 19.0. The number of nitrogens with one attached hydrogen (secondary N) is 2. The number of hydrogen-bond donors (Lipinski definition) is 3. The van der Waals surface area contributed by atoms with E-state index >= 15 is 4.39 Å². The largest absolute Gasteiger partial charge is 0.381 e. The number of aliphatic hydroxyl groups is 1. The standard InChI is InChI=1S/C28H27F2N7O2/c1-39-20-13-18(34-28(38)24-11-17(29)8-9-31-24)12-19(14-20)37-25-10-16(26-32-15-33-36-26)6-7-23(25)35-27(37)21-4-2-3-5-22(21)30/h2-11,15,18-20,28,34,38H,12-14H2,1H3,(H,32,33,36)/t18-,19+,20+,28?/m1/s1. The van der Waals surface area contributed by atoms with Crippen molar-refractivity contribution >= 4 is 11.0 Å². The van der Waals surface area contributed by atoms with Crippen molar-refractivity contribution in [2.75, 3.05) is 7.11 Å². The number of rotatable bonds is 7. The number of nitrogens with zero attached hydrogens (tertiary/aromatic N) is 5. The van der Waals surface area contributed by atoms with Gasteiger partial charge in [-0.15, -0.1) is 0 Å². The van der Waals surface area contributed by atoms with E-state index in [1.54, 1.807) is 25.3 Å². The van der Waals surface area contributed by atoms with Crippen molar-refractivity contribution < 1.29 is 18.6 Å². The highest BCUT2D eigenvalue weighted by Crippen LogP contribution is 2.39. The molecule has 1 fully saturated rings. The van der Waals surface area contributed by atoms with Gasteiger partial charge >= 0.3 is 0 Å². The van der Waals surface area contributed by atoms with Crippen LogP contribution in [0.25, 0.3) is 33.8 Å². The average molecular weight is 532 g/mol. The van der Waals surface area contributed by atoms with Gasteiger partial charge in [-0.05, 0) is 61.7 Å². The lowest BCUT2D eigenvalue weighted by Gasteiger charge is -2.37. The minimum absolute atomic E-state index is 0.141. The lowest BCUT2D eigenvalue weighted by Crippen LogP contribution is -2.42. The fourth-order valence-electron chi connectivity index (χ4n) is 5.44. The van der Waals surface area contributed by atoms with E-state index in [-0.39, 0.29) is 29.7 Å². The monoisotopic (exact) mass is 531 g/mol. The first-order valence-electron chi connectivity index (χ1n) is 12.7. The molecule has 2 aromatic carbocycles. The van der Waals surface area contributed by atoms with Crippen molar-refractivity contribution in [2.45, 2.75) is 43.7 Å². The van der Waals surface area contributed by atoms with Gasteiger partial charge in [0.2, 0.25) is 0 Å². The molecule has 1 aliphatic carbocycles. The second-order valence-electron chi connectivity index (χ2n) is 9.71. The summed E-state index contributed by atoms with van der Waals surface area (Å²) in [4.78, 5) is 13.2. The number of hydrogen-bond acceptors (Lipinski definition) is 7. The zero-order valence-corrected chi connectivity index (χ0v) is 21.1. The molecule has 0 bridgehead atoms. The molecule has 0 spiro atoms. The first kappa shape index (κ1) is 25.2. The van der Waals surface area contributed by atoms with Crippen molar-refractivity contribution in [2.24, 2.45) is 0 Å². The third kappa shape index (κ3) is 5.03. The number of aromatic nitrogens is 6. The van der Waals surface area contributed by atoms with Crippen LogP contribution in [0.3, 0.4) is 0 Å². The van der Waals surface area contributed by atoms with Crippen LogP contribution in [0.5, 0.6) is 0 Å². The number of aromatic amines is 1. The van der Waals surface area contributed by atoms with Gasteiger partial charge in [-0.1, -0.05) is 12.1 Å². The molecule has 6 rings (SSSR count). The van der Waals surface area contributed by atoms with Crippen LogP contribution < -0.4 is 5.32 Å². The van der Waals surface area contributed by atoms with Crippen LogP contribution in [-0.4, -0.2) is 54.1 Å². The molecule has 200 valence electrons. The van der Waals surface area contributed by atoms with E-state index in [0.29, 0.717) is 42.0 Å². The van der Waals surface area contributed by atoms with Crippen molar-refractivity contribution in [3.63, 3.8) is 0 Å². The Morgan fingerprint density at radius 2 is 1.95 bits per heavy atom. The normalized spacial score (nSPS) is 20.4. The molecule has 0 saturated heterocycles. The van der Waals surface area contributed by atoms with Crippen molar-refractivity contribution in [1.29, 1.82) is 0 Å². The van der Waals surface area contributed by atoms with Crippen LogP contribution in [0.15, 0.2) is 67.1 Å². The summed E-state index contributed by atoms with van der Waals surface area (Å²) < 4.78 is 36.7. The molecule has 1 saturated carbocycles. The number of aliphatic hydroxyl groups excluding tert-OH is 1. The molecule has 3 N–H and O–H groups in total. The van der Waals surface area contributed by atoms with Crippen LogP contribution in [0, 0.1) is 11.6 Å². The van der Waals surface area contributed by atoms with Crippen molar-refractivity contribution in [3.05, 3.63) is 84.4 Å². The Morgan fingerprint density at radius 1 is 1.08 bits per heavy atom. The predicted molar refractivity (Wildman–Crippen MR) is 140 cm³/mol. The molecule has 1 unspecified atom stereocenters. The van der Waals surface area contributed by atoms with Crippen LogP contribution in [0.2, 0.25) is 0 Å². The van der Waals surface area contributed by atoms with Crippen LogP contribution in [0.4, 0.5) is 8.78 Å². The summed E-state index contributed by atoms with van der Waals surface area (Å²) in [6, 6.07) is 14.4. The molecule has 0 amide bonds. The number of halogens is 2. The molecule has 0 radical (unpaired) electrons. The van der Waals surface area contributed by atoms with Gasteiger partial charge in [0.25, 0.3) is 0 Å². The SMILES string of the molecule is CO[C@H]1C[C@H](NC(O)c2cc(F)ccn2)C[C@H](n2c(-c3ccccc3F)nc3ccc(-c4ncn[nH]4)cc32)C1. The number of H-pyrrole nitrogens is 1. The zero-order valence-electron chi connectivity index (χ0n) is 21.1. The first-order valence-corrected chi connectivity index (χ1v) is 12.7. The number of methoxy groups -OCH3 is 1. The Kier molecular flexibility index (Phi) is 6.86. The lowest BCUT2D eigenvalue weighted by molar-refractivity contribution is 0.0236. The second-order valence-corrected chi connectivity index (χ2v) is 9.71. The van der Waals surface area contributed by atoms with E-state index in [1.807, 2.05) is 18.2 Å². The highest BCUT2D eigenvalue weighted by molar-refractivity contribution is 5.85. The van der Waals surface area contributed by atoms with Crippen molar-refractivity contribution in [3.8, 4) is 22.8 Å². The van der Waals surface area contributed by atoms with Gasteiger partial charge in [0.15, 0.2) is 5.82 Å². The van der Waals surface area contributed by atoms with Gasteiger partial charge in [0.05, 0.1) is 28.4 Å². The lowest BCUT2D eigenvalue weighted by atomic mass is 9.87. The fourth-order valence-corrected chi connectivity index (χ4v) is 5.44. The van der Waals surface area contributed by atoms with Gasteiger partial charge in [0, 0.05) is 31.0 Å². The Hall–Kier alpha value is -4.06. The molecular weight excluding hydrogens is 504 g/mol. The molecule has 5 aromatic rings. The number of pyridine rings is 1. The highest BCUT2D eigenvalue weighted by Gasteiger charge is 2.34. The van der Waals surface area contributed by atoms with E-state index < -0.39 is 12.0 Å². The van der Waals surface area contributed by atoms with Gasteiger partial charge in [-0.3, -0.25) is 15.4 Å². The zero-order chi connectivity index (χ0) is 26.9. The molecule has 4 atom stereocenters. The summed E-state index contributed by atoms with van der Waals surface area (Å²) in [5, 5.41) is 20.8. The summed E-state index contributed by atoms with van der Waals surface area (Å²) in [5.74, 6) is 0.274. The molecular formula is C28H27F2N7O2. The highest BCUT2D eigenvalue weighted by atomic mass is 19.1. The van der Waals surface area contributed by atoms with Crippen LogP contribution in [-0.2, 0) is 4.74 Å². The Morgan fingerprint density at radius 3 is 2.72 bits per heavy atom. The van der Waals surface area contributed by atoms with Crippen LogP contribution >= 0.6 is 0 Å². The van der Waals surface area contributed by atoms with E-state index in [9.17, 15) is 9.50 Å². The Balaban J connectivity index is 1.42. The molecule has 11 heteroatoms. The summed E-state index contributed by atoms with van der Waals surface area (Å²) in [6.45, 7) is 0. The van der Waals surface area contributed by atoms with E-state index in [4.69, 9.17) is 9.72 Å². The van der Waals surface area contributed by atoms with E-state index in [0.717, 1.165) is 11.1 Å². The maximum atomic E-state index is 15.1. The average Bonchev–Trinajstić information content (AvgIpc) is 3.61. The summed E-state index contributed by atoms with van der Waals surface area (Å²) >= 11 is 0. The number of ether oxygens (including phenoxy) is 1. The van der Waals surface area contributed by atoms with Crippen molar-refractivity contribution in [1.82, 2.24) is 35.0 Å². The Labute approximate surface area is 222 Å². The van der Waals surface area contributed by atoms with Gasteiger partial charge < -0.3 is 14.4 Å². The van der Waals surface area contributed by atoms with E-state index in [1.165, 1.54) is 30.7 Å².